The summed E-state index contributed by atoms with van der Waals surface area (Å²) in [5.74, 6) is -1.60. The molecular weight excluding hydrogens is 461 g/mol. The molecule has 0 spiro atoms. The fraction of sp³-hybridized carbons (Fsp3) is 0.292. The molecule has 11 heteroatoms. The van der Waals surface area contributed by atoms with Crippen molar-refractivity contribution in [1.29, 1.82) is 0 Å². The van der Waals surface area contributed by atoms with Gasteiger partial charge in [0.25, 0.3) is 5.89 Å². The van der Waals surface area contributed by atoms with Crippen LogP contribution in [-0.2, 0) is 11.3 Å². The molecule has 4 aromatic rings. The number of aromatic nitrogens is 5. The summed E-state index contributed by atoms with van der Waals surface area (Å²) in [4.78, 5) is 10.6. The maximum absolute atomic E-state index is 14.5. The summed E-state index contributed by atoms with van der Waals surface area (Å²) in [6, 6.07) is 11.1. The van der Waals surface area contributed by atoms with Gasteiger partial charge in [-0.3, -0.25) is 4.79 Å². The number of nitrogens with zero attached hydrogens (tertiary/aromatic N) is 5. The maximum atomic E-state index is 14.5. The first-order chi connectivity index (χ1) is 16.5. The summed E-state index contributed by atoms with van der Waals surface area (Å²) < 4.78 is 45.9. The van der Waals surface area contributed by atoms with Crippen LogP contribution in [0.2, 0.25) is 0 Å². The lowest BCUT2D eigenvalue weighted by Crippen LogP contribution is -2.03. The van der Waals surface area contributed by atoms with Gasteiger partial charge in [-0.25, -0.2) is 9.07 Å². The van der Waals surface area contributed by atoms with Gasteiger partial charge in [0.05, 0.1) is 12.7 Å². The van der Waals surface area contributed by atoms with Crippen molar-refractivity contribution in [2.24, 2.45) is 5.41 Å². The molecule has 0 bridgehead atoms. The SMILES string of the molecule is CC(C)(C)C.O=CNc1cccc(-c2cn(Cc3ccc(-c4nnc(C(F)F)o4)cc3F)nn2)c1. The van der Waals surface area contributed by atoms with E-state index >= 15 is 0 Å². The Hall–Kier alpha value is -4.02. The third-order valence-electron chi connectivity index (χ3n) is 4.18. The van der Waals surface area contributed by atoms with Crippen LogP contribution in [0.15, 0.2) is 53.1 Å². The molecule has 4 rings (SSSR count). The average Bonchev–Trinajstić information content (AvgIpc) is 3.45. The standard InChI is InChI=1S/C19H13F3N6O2.C5H12/c20-15-7-12(18-25-26-19(30-18)17(21)22)4-5-13(15)8-28-9-16(24-27-28)11-2-1-3-14(6-11)23-10-29;1-5(2,3)4/h1-7,9-10,17H,8H2,(H,23,29);1-4H3. The van der Waals surface area contributed by atoms with Gasteiger partial charge in [0.15, 0.2) is 0 Å². The Bertz CT molecular complexity index is 1270. The first-order valence-corrected chi connectivity index (χ1v) is 10.6. The zero-order chi connectivity index (χ0) is 25.6. The van der Waals surface area contributed by atoms with E-state index in [1.807, 2.05) is 0 Å². The molecule has 35 heavy (non-hydrogen) atoms. The van der Waals surface area contributed by atoms with Crippen LogP contribution < -0.4 is 5.32 Å². The van der Waals surface area contributed by atoms with Crippen molar-refractivity contribution in [3.63, 3.8) is 0 Å². The van der Waals surface area contributed by atoms with Crippen LogP contribution in [0.25, 0.3) is 22.7 Å². The van der Waals surface area contributed by atoms with E-state index in [-0.39, 0.29) is 18.0 Å². The molecule has 1 amide bonds. The molecule has 0 radical (unpaired) electrons. The summed E-state index contributed by atoms with van der Waals surface area (Å²) in [6.45, 7) is 8.84. The van der Waals surface area contributed by atoms with E-state index < -0.39 is 18.1 Å². The lowest BCUT2D eigenvalue weighted by atomic mass is 10.0. The van der Waals surface area contributed by atoms with E-state index in [9.17, 15) is 18.0 Å². The van der Waals surface area contributed by atoms with Gasteiger partial charge in [-0.1, -0.05) is 51.1 Å². The highest BCUT2D eigenvalue weighted by Gasteiger charge is 2.18. The zero-order valence-corrected chi connectivity index (χ0v) is 19.7. The maximum Gasteiger partial charge on any atom is 0.314 e. The Balaban J connectivity index is 0.000000623. The number of alkyl halides is 2. The summed E-state index contributed by atoms with van der Waals surface area (Å²) >= 11 is 0. The van der Waals surface area contributed by atoms with E-state index in [0.29, 0.717) is 28.8 Å². The monoisotopic (exact) mass is 486 g/mol. The number of rotatable bonds is 7. The number of benzene rings is 2. The van der Waals surface area contributed by atoms with E-state index in [0.717, 1.165) is 11.6 Å². The third kappa shape index (κ3) is 7.49. The van der Waals surface area contributed by atoms with Gasteiger partial charge in [-0.2, -0.15) is 8.78 Å². The lowest BCUT2D eigenvalue weighted by molar-refractivity contribution is -0.105. The van der Waals surface area contributed by atoms with Crippen molar-refractivity contribution in [3.8, 4) is 22.7 Å². The molecule has 0 aliphatic heterocycles. The molecule has 0 unspecified atom stereocenters. The molecule has 0 saturated heterocycles. The van der Waals surface area contributed by atoms with Crippen molar-refractivity contribution in [3.05, 3.63) is 65.9 Å². The molecule has 8 nitrogen and oxygen atoms in total. The van der Waals surface area contributed by atoms with Crippen molar-refractivity contribution in [2.45, 2.75) is 40.7 Å². The highest BCUT2D eigenvalue weighted by Crippen LogP contribution is 2.25. The normalized spacial score (nSPS) is 11.2. The number of halogens is 3. The van der Waals surface area contributed by atoms with Crippen LogP contribution in [0.3, 0.4) is 0 Å². The van der Waals surface area contributed by atoms with E-state index in [2.05, 4.69) is 53.5 Å². The van der Waals surface area contributed by atoms with Gasteiger partial charge in [0.2, 0.25) is 12.3 Å². The Labute approximate surface area is 200 Å². The minimum absolute atomic E-state index is 0.0948. The van der Waals surface area contributed by atoms with Crippen LogP contribution in [0, 0.1) is 11.2 Å². The number of carbonyl (C=O) groups excluding carboxylic acids is 1. The van der Waals surface area contributed by atoms with Gasteiger partial charge < -0.3 is 9.73 Å². The quantitative estimate of drug-likeness (QED) is 0.335. The minimum atomic E-state index is -2.90. The predicted octanol–water partition coefficient (Wildman–Crippen LogP) is 5.74. The summed E-state index contributed by atoms with van der Waals surface area (Å²) in [7, 11) is 0. The van der Waals surface area contributed by atoms with Gasteiger partial charge in [-0.05, 0) is 29.7 Å². The molecule has 1 N–H and O–H groups in total. The van der Waals surface area contributed by atoms with Gasteiger partial charge in [0.1, 0.15) is 11.5 Å². The molecule has 184 valence electrons. The van der Waals surface area contributed by atoms with E-state index in [1.54, 1.807) is 30.5 Å². The zero-order valence-electron chi connectivity index (χ0n) is 19.7. The van der Waals surface area contributed by atoms with Gasteiger partial charge in [-0.15, -0.1) is 15.3 Å². The Kier molecular flexibility index (Phi) is 8.00. The van der Waals surface area contributed by atoms with Crippen LogP contribution in [-0.4, -0.2) is 31.6 Å². The second kappa shape index (κ2) is 10.9. The topological polar surface area (TPSA) is 98.7 Å². The first kappa shape index (κ1) is 25.6. The van der Waals surface area contributed by atoms with Crippen molar-refractivity contribution >= 4 is 12.1 Å². The number of anilines is 1. The molecule has 0 saturated carbocycles. The number of hydrogen-bond donors (Lipinski definition) is 1. The fourth-order valence-electron chi connectivity index (χ4n) is 2.77. The van der Waals surface area contributed by atoms with Crippen LogP contribution in [0.1, 0.15) is 45.6 Å². The number of hydrogen-bond acceptors (Lipinski definition) is 6. The number of amides is 1. The molecule has 2 heterocycles. The third-order valence-corrected chi connectivity index (χ3v) is 4.18. The summed E-state index contributed by atoms with van der Waals surface area (Å²) in [5, 5.41) is 17.3. The smallest absolute Gasteiger partial charge is 0.314 e. The highest BCUT2D eigenvalue weighted by molar-refractivity contribution is 5.74. The predicted molar refractivity (Wildman–Crippen MR) is 124 cm³/mol. The molecule has 2 aromatic heterocycles. The largest absolute Gasteiger partial charge is 0.415 e. The van der Waals surface area contributed by atoms with Crippen LogP contribution in [0.5, 0.6) is 0 Å². The van der Waals surface area contributed by atoms with Gasteiger partial charge in [0, 0.05) is 22.4 Å². The average molecular weight is 486 g/mol. The highest BCUT2D eigenvalue weighted by atomic mass is 19.3. The van der Waals surface area contributed by atoms with Crippen LogP contribution in [0.4, 0.5) is 18.9 Å². The molecule has 2 aromatic carbocycles. The second-order valence-corrected chi connectivity index (χ2v) is 9.20. The minimum Gasteiger partial charge on any atom is -0.415 e. The lowest BCUT2D eigenvalue weighted by Gasteiger charge is -2.05. The first-order valence-electron chi connectivity index (χ1n) is 10.6. The van der Waals surface area contributed by atoms with Crippen molar-refractivity contribution in [1.82, 2.24) is 25.2 Å². The van der Waals surface area contributed by atoms with Crippen molar-refractivity contribution in [2.75, 3.05) is 5.32 Å². The summed E-state index contributed by atoms with van der Waals surface area (Å²) in [6.07, 6.45) is -0.683. The Morgan fingerprint density at radius 1 is 1.06 bits per heavy atom. The molecule has 0 aliphatic carbocycles. The van der Waals surface area contributed by atoms with E-state index in [4.69, 9.17) is 4.42 Å². The van der Waals surface area contributed by atoms with Crippen LogP contribution >= 0.6 is 0 Å². The van der Waals surface area contributed by atoms with Crippen molar-refractivity contribution < 1.29 is 22.4 Å². The number of carbonyl (C=O) groups is 1. The Morgan fingerprint density at radius 2 is 1.80 bits per heavy atom. The molecular formula is C24H25F3N6O2. The molecule has 0 aliphatic rings. The molecule has 0 atom stereocenters. The van der Waals surface area contributed by atoms with E-state index in [1.165, 1.54) is 16.8 Å². The number of nitrogens with one attached hydrogen (secondary N) is 1. The van der Waals surface area contributed by atoms with Gasteiger partial charge >= 0.3 is 6.43 Å². The Morgan fingerprint density at radius 3 is 2.43 bits per heavy atom. The fourth-order valence-corrected chi connectivity index (χ4v) is 2.77. The molecule has 0 fully saturated rings. The second-order valence-electron chi connectivity index (χ2n) is 9.20. The summed E-state index contributed by atoms with van der Waals surface area (Å²) in [5.41, 5.74) is 2.88.